The Kier molecular flexibility index (Phi) is 4.58. The first kappa shape index (κ1) is 16.1. The highest BCUT2D eigenvalue weighted by Crippen LogP contribution is 2.25. The summed E-state index contributed by atoms with van der Waals surface area (Å²) in [4.78, 5) is 12.0. The first-order valence-electron chi connectivity index (χ1n) is 6.93. The number of nitrogens with two attached hydrogens (primary N) is 1. The molecule has 1 aromatic carbocycles. The van der Waals surface area contributed by atoms with Gasteiger partial charge in [-0.2, -0.15) is 0 Å². The number of hydrogen-bond donors (Lipinski definition) is 2. The van der Waals surface area contributed by atoms with Crippen molar-refractivity contribution >= 4 is 17.4 Å². The SMILES string of the molecule is NCCCNc1nonc1-c1noc(=O)n1-c1ccc(F)c(Cl)c1. The summed E-state index contributed by atoms with van der Waals surface area (Å²) in [6.07, 6.45) is 0.700. The molecule has 9 nitrogen and oxygen atoms in total. The minimum absolute atomic E-state index is 0.0409. The van der Waals surface area contributed by atoms with Crippen molar-refractivity contribution < 1.29 is 13.5 Å². The molecule has 0 saturated carbocycles. The fourth-order valence-electron chi connectivity index (χ4n) is 2.01. The highest BCUT2D eigenvalue weighted by atomic mass is 35.5. The van der Waals surface area contributed by atoms with Crippen LogP contribution in [0.2, 0.25) is 5.02 Å². The van der Waals surface area contributed by atoms with E-state index in [1.165, 1.54) is 12.1 Å². The monoisotopic (exact) mass is 354 g/mol. The smallest absolute Gasteiger partial charge is 0.365 e. The summed E-state index contributed by atoms with van der Waals surface area (Å²) in [5.41, 5.74) is 5.86. The van der Waals surface area contributed by atoms with Crippen LogP contribution in [0.25, 0.3) is 17.2 Å². The molecule has 3 aromatic rings. The van der Waals surface area contributed by atoms with Crippen LogP contribution in [0.1, 0.15) is 6.42 Å². The highest BCUT2D eigenvalue weighted by Gasteiger charge is 2.22. The van der Waals surface area contributed by atoms with E-state index in [0.29, 0.717) is 19.5 Å². The van der Waals surface area contributed by atoms with Crippen LogP contribution in [0.15, 0.2) is 32.1 Å². The second kappa shape index (κ2) is 6.81. The summed E-state index contributed by atoms with van der Waals surface area (Å²) in [5.74, 6) is -1.08. The van der Waals surface area contributed by atoms with Crippen molar-refractivity contribution in [3.05, 3.63) is 39.6 Å². The van der Waals surface area contributed by atoms with Gasteiger partial charge in [0.05, 0.1) is 10.7 Å². The molecule has 126 valence electrons. The second-order valence-electron chi connectivity index (χ2n) is 4.74. The Labute approximate surface area is 139 Å². The number of nitrogens with zero attached hydrogens (tertiary/aromatic N) is 4. The maximum Gasteiger partial charge on any atom is 0.446 e. The Bertz CT molecular complexity index is 905. The molecule has 0 bridgehead atoms. The molecule has 24 heavy (non-hydrogen) atoms. The number of rotatable bonds is 6. The molecule has 3 N–H and O–H groups in total. The van der Waals surface area contributed by atoms with Gasteiger partial charge in [0, 0.05) is 6.54 Å². The summed E-state index contributed by atoms with van der Waals surface area (Å²) in [6.45, 7) is 1.03. The maximum atomic E-state index is 13.3. The van der Waals surface area contributed by atoms with Crippen LogP contribution in [-0.4, -0.2) is 33.1 Å². The van der Waals surface area contributed by atoms with Crippen LogP contribution < -0.4 is 16.8 Å². The van der Waals surface area contributed by atoms with Crippen molar-refractivity contribution in [1.82, 2.24) is 20.0 Å². The molecule has 2 heterocycles. The number of aromatic nitrogens is 4. The first-order valence-corrected chi connectivity index (χ1v) is 7.30. The molecule has 0 aliphatic carbocycles. The third-order valence-corrected chi connectivity index (χ3v) is 3.43. The quantitative estimate of drug-likeness (QED) is 0.637. The van der Waals surface area contributed by atoms with Crippen LogP contribution in [0.5, 0.6) is 0 Å². The zero-order valence-electron chi connectivity index (χ0n) is 12.2. The average Bonchev–Trinajstić information content (AvgIpc) is 3.17. The van der Waals surface area contributed by atoms with Gasteiger partial charge in [-0.25, -0.2) is 18.4 Å². The van der Waals surface area contributed by atoms with Gasteiger partial charge >= 0.3 is 5.76 Å². The Morgan fingerprint density at radius 1 is 1.33 bits per heavy atom. The predicted octanol–water partition coefficient (Wildman–Crippen LogP) is 1.43. The molecule has 11 heteroatoms. The van der Waals surface area contributed by atoms with Crippen LogP contribution in [0.4, 0.5) is 10.2 Å². The standard InChI is InChI=1S/C13H12ClFN6O3/c14-8-6-7(2-3-9(8)15)21-12(20-23-13(21)22)10-11(19-24-18-10)17-5-1-4-16/h2-3,6H,1,4-5,16H2,(H,17,19). The van der Waals surface area contributed by atoms with Crippen LogP contribution in [0, 0.1) is 5.82 Å². The lowest BCUT2D eigenvalue weighted by molar-refractivity contribution is 0.309. The summed E-state index contributed by atoms with van der Waals surface area (Å²) in [5, 5.41) is 14.0. The molecule has 0 aliphatic heterocycles. The zero-order valence-corrected chi connectivity index (χ0v) is 13.0. The second-order valence-corrected chi connectivity index (χ2v) is 5.14. The maximum absolute atomic E-state index is 13.3. The van der Waals surface area contributed by atoms with E-state index in [1.54, 1.807) is 0 Å². The van der Waals surface area contributed by atoms with Gasteiger partial charge in [-0.3, -0.25) is 4.52 Å². The van der Waals surface area contributed by atoms with Gasteiger partial charge in [0.15, 0.2) is 5.69 Å². The molecule has 2 aromatic heterocycles. The van der Waals surface area contributed by atoms with Crippen LogP contribution in [0.3, 0.4) is 0 Å². The minimum Gasteiger partial charge on any atom is -0.365 e. The topological polar surface area (TPSA) is 125 Å². The van der Waals surface area contributed by atoms with Gasteiger partial charge in [0.25, 0.3) is 0 Å². The Hall–Kier alpha value is -2.72. The van der Waals surface area contributed by atoms with Gasteiger partial charge in [-0.15, -0.1) is 0 Å². The van der Waals surface area contributed by atoms with E-state index in [-0.39, 0.29) is 28.0 Å². The molecule has 0 spiro atoms. The molecule has 0 amide bonds. The molecule has 0 saturated heterocycles. The number of halogens is 2. The van der Waals surface area contributed by atoms with Crippen molar-refractivity contribution in [2.75, 3.05) is 18.4 Å². The molecule has 3 rings (SSSR count). The summed E-state index contributed by atoms with van der Waals surface area (Å²) in [6, 6.07) is 3.76. The van der Waals surface area contributed by atoms with Gasteiger partial charge in [-0.1, -0.05) is 16.8 Å². The fraction of sp³-hybridized carbons (Fsp3) is 0.231. The molecular formula is C13H12ClFN6O3. The van der Waals surface area contributed by atoms with Crippen LogP contribution in [-0.2, 0) is 0 Å². The summed E-state index contributed by atoms with van der Waals surface area (Å²) >= 11 is 5.76. The molecule has 0 aliphatic rings. The van der Waals surface area contributed by atoms with Crippen molar-refractivity contribution in [2.24, 2.45) is 5.73 Å². The molecule has 0 radical (unpaired) electrons. The summed E-state index contributed by atoms with van der Waals surface area (Å²) < 4.78 is 23.8. The van der Waals surface area contributed by atoms with Crippen molar-refractivity contribution in [1.29, 1.82) is 0 Å². The minimum atomic E-state index is -0.788. The van der Waals surface area contributed by atoms with E-state index in [9.17, 15) is 9.18 Å². The van der Waals surface area contributed by atoms with Gasteiger partial charge in [0.2, 0.25) is 11.6 Å². The Balaban J connectivity index is 2.04. The summed E-state index contributed by atoms with van der Waals surface area (Å²) in [7, 11) is 0. The van der Waals surface area contributed by atoms with Gasteiger partial charge in [0.1, 0.15) is 5.82 Å². The molecular weight excluding hydrogens is 343 g/mol. The van der Waals surface area contributed by atoms with Gasteiger partial charge < -0.3 is 11.1 Å². The van der Waals surface area contributed by atoms with Crippen molar-refractivity contribution in [3.63, 3.8) is 0 Å². The third-order valence-electron chi connectivity index (χ3n) is 3.14. The van der Waals surface area contributed by atoms with E-state index < -0.39 is 11.6 Å². The zero-order chi connectivity index (χ0) is 17.1. The average molecular weight is 355 g/mol. The third kappa shape index (κ3) is 3.01. The number of hydrogen-bond acceptors (Lipinski definition) is 8. The lowest BCUT2D eigenvalue weighted by Crippen LogP contribution is -2.14. The molecule has 0 atom stereocenters. The lowest BCUT2D eigenvalue weighted by atomic mass is 10.3. The number of benzene rings is 1. The fourth-order valence-corrected chi connectivity index (χ4v) is 2.19. The van der Waals surface area contributed by atoms with E-state index in [4.69, 9.17) is 22.0 Å². The van der Waals surface area contributed by atoms with Crippen molar-refractivity contribution in [2.45, 2.75) is 6.42 Å². The Morgan fingerprint density at radius 3 is 2.92 bits per heavy atom. The largest absolute Gasteiger partial charge is 0.446 e. The first-order chi connectivity index (χ1) is 11.6. The molecule has 0 unspecified atom stereocenters. The van der Waals surface area contributed by atoms with E-state index in [0.717, 1.165) is 10.6 Å². The number of nitrogens with one attached hydrogen (secondary N) is 1. The normalized spacial score (nSPS) is 11.0. The lowest BCUT2D eigenvalue weighted by Gasteiger charge is -2.05. The van der Waals surface area contributed by atoms with E-state index in [2.05, 4.69) is 25.3 Å². The molecule has 0 fully saturated rings. The van der Waals surface area contributed by atoms with Crippen LogP contribution >= 0.6 is 11.6 Å². The van der Waals surface area contributed by atoms with Crippen molar-refractivity contribution in [3.8, 4) is 17.2 Å². The highest BCUT2D eigenvalue weighted by molar-refractivity contribution is 6.30. The Morgan fingerprint density at radius 2 is 2.17 bits per heavy atom. The van der Waals surface area contributed by atoms with Gasteiger partial charge in [-0.05, 0) is 41.5 Å². The predicted molar refractivity (Wildman–Crippen MR) is 82.5 cm³/mol. The van der Waals surface area contributed by atoms with E-state index in [1.807, 2.05) is 0 Å². The number of anilines is 1. The van der Waals surface area contributed by atoms with E-state index >= 15 is 0 Å².